The third-order valence-corrected chi connectivity index (χ3v) is 16.4. The number of aliphatic carboxylic acids is 3. The third-order valence-electron chi connectivity index (χ3n) is 15.7. The van der Waals surface area contributed by atoms with Crippen molar-refractivity contribution in [2.75, 3.05) is 123 Å². The van der Waals surface area contributed by atoms with E-state index in [0.717, 1.165) is 20.4 Å². The molecule has 30 heteroatoms. The number of aryl methyl sites for hydroxylation is 1. The molecule has 4 aromatic carbocycles. The molecule has 5 rings (SSSR count). The molecule has 0 radical (unpaired) electrons. The first-order valence-corrected chi connectivity index (χ1v) is 33.7. The summed E-state index contributed by atoms with van der Waals surface area (Å²) in [4.78, 5) is 139. The number of phenols is 1. The van der Waals surface area contributed by atoms with Gasteiger partial charge in [-0.15, -0.1) is 0 Å². The number of amides is 8. The van der Waals surface area contributed by atoms with Crippen molar-refractivity contribution in [3.05, 3.63) is 129 Å². The molecule has 8 amide bonds. The van der Waals surface area contributed by atoms with Crippen molar-refractivity contribution in [3.63, 3.8) is 0 Å². The fourth-order valence-corrected chi connectivity index (χ4v) is 10.8. The van der Waals surface area contributed by atoms with Gasteiger partial charge >= 0.3 is 23.9 Å². The molecule has 1 aliphatic rings. The molecule has 528 valence electrons. The second-order valence-electron chi connectivity index (χ2n) is 23.4. The van der Waals surface area contributed by atoms with E-state index >= 15 is 0 Å². The zero-order chi connectivity index (χ0) is 70.3. The minimum Gasteiger partial charge on any atom is -0.508 e. The lowest BCUT2D eigenvalue weighted by atomic mass is 9.90. The average molecular weight is 1460 g/mol. The second kappa shape index (κ2) is 44.0. The van der Waals surface area contributed by atoms with Gasteiger partial charge in [0.05, 0.1) is 32.1 Å². The summed E-state index contributed by atoms with van der Waals surface area (Å²) in [6.45, 7) is 4.15. The molecule has 0 aromatic heterocycles. The van der Waals surface area contributed by atoms with E-state index in [9.17, 15) is 68.4 Å². The van der Waals surface area contributed by atoms with Crippen molar-refractivity contribution in [1.82, 2.24) is 62.1 Å². The maximum Gasteiger partial charge on any atom is 0.321 e. The molecule has 97 heavy (non-hydrogen) atoms. The number of nitrogens with two attached hydrogens (primary N) is 1. The molecule has 1 fully saturated rings. The Hall–Kier alpha value is -8.98. The van der Waals surface area contributed by atoms with Crippen molar-refractivity contribution in [3.8, 4) is 5.75 Å². The van der Waals surface area contributed by atoms with Crippen LogP contribution in [0.3, 0.4) is 0 Å². The van der Waals surface area contributed by atoms with E-state index in [0.29, 0.717) is 49.8 Å². The predicted molar refractivity (Wildman–Crippen MR) is 373 cm³/mol. The number of hydrogen-bond acceptors (Lipinski definition) is 17. The van der Waals surface area contributed by atoms with Gasteiger partial charge in [0.25, 0.3) is 0 Å². The number of carbonyl (C=O) groups is 10. The summed E-state index contributed by atoms with van der Waals surface area (Å²) in [5.74, 6) is -6.23. The van der Waals surface area contributed by atoms with Crippen LogP contribution < -0.4 is 53.6 Å². The molecular weight excluding hydrogens is 1370 g/mol. The molecular formula is C67H94IN15O14. The fourth-order valence-electron chi connectivity index (χ4n) is 10.5. The van der Waals surface area contributed by atoms with Gasteiger partial charge < -0.3 is 68.7 Å². The minimum atomic E-state index is -1.06. The van der Waals surface area contributed by atoms with E-state index < -0.39 is 59.7 Å². The zero-order valence-corrected chi connectivity index (χ0v) is 57.1. The minimum absolute atomic E-state index is 0.0677. The van der Waals surface area contributed by atoms with Gasteiger partial charge in [0.2, 0.25) is 35.4 Å². The molecule has 1 saturated heterocycles. The summed E-state index contributed by atoms with van der Waals surface area (Å²) < 4.78 is 1.09. The number of benzene rings is 4. The molecule has 29 nitrogen and oxygen atoms in total. The van der Waals surface area contributed by atoms with Gasteiger partial charge in [0.15, 0.2) is 5.96 Å². The molecule has 3 atom stereocenters. The van der Waals surface area contributed by atoms with Crippen LogP contribution in [-0.2, 0) is 56.1 Å². The van der Waals surface area contributed by atoms with Crippen LogP contribution in [0.1, 0.15) is 86.5 Å². The standard InChI is InChI=1S/C67H94IN15O14/c1-2-56(85)72-32-33-75-67(97)79-66(69)74-29-8-14-55(64(95)76-42-48-18-26-53(84)27-19-48)78-65(96)62(49-11-4-3-5-12-49)50-20-24-52(25-21-50)70-30-9-31-73-63(94)54(77-57(86)15-6-10-47-16-22-51(68)23-17-47)13-7-28-71-58(87)43-80-34-36-81(44-59(88)89)38-40-83(46-61(92)93)41-39-82(37-35-80)45-60(90)91/h3-5,11-12,16-27,54-55,62,70,84H,2,6-10,13-15,28-46H2,1H3,(H,71,87)(H,72,85)(H,73,94)(H,76,95)(H,77,86)(H,78,96)(H,88,89)(H,90,91)(H,92,93)(H4,69,74,75,79,97)/t54-,55-,62?/m1/s1. The number of aromatic hydroxyl groups is 1. The van der Waals surface area contributed by atoms with Gasteiger partial charge in [0, 0.05) is 120 Å². The number of carboxylic acids is 3. The fraction of sp³-hybridized carbons (Fsp3) is 0.478. The van der Waals surface area contributed by atoms with E-state index in [1.54, 1.807) is 33.8 Å². The quantitative estimate of drug-likeness (QED) is 0.0131. The summed E-state index contributed by atoms with van der Waals surface area (Å²) in [6.07, 6.45) is 3.14. The molecule has 1 aliphatic heterocycles. The second-order valence-corrected chi connectivity index (χ2v) is 24.6. The third kappa shape index (κ3) is 32.5. The first-order valence-electron chi connectivity index (χ1n) is 32.6. The van der Waals surface area contributed by atoms with Gasteiger partial charge in [-0.1, -0.05) is 73.7 Å². The molecule has 1 heterocycles. The highest BCUT2D eigenvalue weighted by molar-refractivity contribution is 14.1. The van der Waals surface area contributed by atoms with E-state index in [1.807, 2.05) is 83.8 Å². The Morgan fingerprint density at radius 2 is 1.03 bits per heavy atom. The molecule has 0 saturated carbocycles. The number of rotatable bonds is 38. The van der Waals surface area contributed by atoms with Crippen LogP contribution in [0.25, 0.3) is 0 Å². The van der Waals surface area contributed by atoms with Crippen LogP contribution in [-0.4, -0.2) is 235 Å². The molecule has 4 aromatic rings. The van der Waals surface area contributed by atoms with E-state index in [4.69, 9.17) is 5.73 Å². The number of aliphatic imine (C=N–C) groups is 1. The van der Waals surface area contributed by atoms with Crippen molar-refractivity contribution >= 4 is 93.6 Å². The summed E-state index contributed by atoms with van der Waals surface area (Å²) >= 11 is 2.23. The Morgan fingerprint density at radius 1 is 0.515 bits per heavy atom. The van der Waals surface area contributed by atoms with Crippen LogP contribution in [0, 0.1) is 3.57 Å². The highest BCUT2D eigenvalue weighted by atomic mass is 127. The molecule has 15 N–H and O–H groups in total. The molecule has 0 aliphatic carbocycles. The lowest BCUT2D eigenvalue weighted by Crippen LogP contribution is -2.50. The average Bonchev–Trinajstić information content (AvgIpc) is 0.830. The number of guanidine groups is 1. The van der Waals surface area contributed by atoms with Crippen LogP contribution in [0.4, 0.5) is 10.5 Å². The van der Waals surface area contributed by atoms with Crippen molar-refractivity contribution in [1.29, 1.82) is 0 Å². The summed E-state index contributed by atoms with van der Waals surface area (Å²) in [5.41, 5.74) is 9.80. The smallest absolute Gasteiger partial charge is 0.321 e. The van der Waals surface area contributed by atoms with Gasteiger partial charge in [-0.3, -0.25) is 73.1 Å². The van der Waals surface area contributed by atoms with Crippen LogP contribution in [0.2, 0.25) is 0 Å². The lowest BCUT2D eigenvalue weighted by molar-refractivity contribution is -0.140. The first-order chi connectivity index (χ1) is 46.6. The number of anilines is 1. The Morgan fingerprint density at radius 3 is 1.62 bits per heavy atom. The molecule has 1 unspecified atom stereocenters. The van der Waals surface area contributed by atoms with Gasteiger partial charge in [-0.2, -0.15) is 0 Å². The van der Waals surface area contributed by atoms with E-state index in [-0.39, 0.29) is 173 Å². The number of nitrogens with zero attached hydrogens (tertiary/aromatic N) is 5. The summed E-state index contributed by atoms with van der Waals surface area (Å²) in [6, 6.07) is 28.2. The van der Waals surface area contributed by atoms with Gasteiger partial charge in [-0.05, 0) is 126 Å². The Bertz CT molecular complexity index is 3160. The van der Waals surface area contributed by atoms with Crippen LogP contribution in [0.15, 0.2) is 108 Å². The van der Waals surface area contributed by atoms with Crippen molar-refractivity contribution in [2.24, 2.45) is 10.7 Å². The largest absolute Gasteiger partial charge is 0.508 e. The number of carboxylic acid groups (broad SMARTS) is 3. The van der Waals surface area contributed by atoms with Gasteiger partial charge in [-0.25, -0.2) is 4.79 Å². The number of halogens is 1. The Kier molecular flexibility index (Phi) is 35.7. The van der Waals surface area contributed by atoms with Crippen LogP contribution in [0.5, 0.6) is 5.75 Å². The summed E-state index contributed by atoms with van der Waals surface area (Å²) in [7, 11) is 0. The zero-order valence-electron chi connectivity index (χ0n) is 54.9. The summed E-state index contributed by atoms with van der Waals surface area (Å²) in [5, 5.41) is 64.1. The van der Waals surface area contributed by atoms with Crippen molar-refractivity contribution in [2.45, 2.75) is 89.3 Å². The number of phenolic OH excluding ortho intramolecular Hbond substituents is 1. The van der Waals surface area contributed by atoms with Gasteiger partial charge in [0.1, 0.15) is 17.8 Å². The maximum absolute atomic E-state index is 14.5. The Balaban J connectivity index is 1.18. The highest BCUT2D eigenvalue weighted by Crippen LogP contribution is 2.27. The number of nitrogens with one attached hydrogen (secondary N) is 9. The maximum atomic E-state index is 14.5. The highest BCUT2D eigenvalue weighted by Gasteiger charge is 2.29. The van der Waals surface area contributed by atoms with Crippen LogP contribution >= 0.6 is 22.6 Å². The number of hydrogen-bond donors (Lipinski definition) is 14. The van der Waals surface area contributed by atoms with Crippen molar-refractivity contribution < 1.29 is 68.4 Å². The topological polar surface area (TPSA) is 411 Å². The number of carbonyl (C=O) groups excluding carboxylic acids is 7. The Labute approximate surface area is 579 Å². The predicted octanol–water partition coefficient (Wildman–Crippen LogP) is 1.65. The normalized spacial score (nSPS) is 14.6. The SMILES string of the molecule is CCC(=O)NCCNC(=O)NC(N)=NCCC[C@@H](NC(=O)C(c1ccccc1)c1ccc(NCCCNC(=O)[C@@H](CCCNC(=O)CN2CCN(CC(=O)O)CCN(CC(=O)O)CCN(CC(=O)O)CC2)NC(=O)CCCc2ccc(I)cc2)cc1)C(=O)NCc1ccc(O)cc1. The first kappa shape index (κ1) is 78.7. The monoisotopic (exact) mass is 1460 g/mol. The lowest BCUT2D eigenvalue weighted by Gasteiger charge is -2.32. The van der Waals surface area contributed by atoms with E-state index in [2.05, 4.69) is 75.4 Å². The van der Waals surface area contributed by atoms with E-state index in [1.165, 1.54) is 12.1 Å². The molecule has 0 spiro atoms. The molecule has 0 bridgehead atoms. The number of urea groups is 1.